The molecule has 0 amide bonds. The van der Waals surface area contributed by atoms with E-state index in [2.05, 4.69) is 15.9 Å². The fraction of sp³-hybridized carbons (Fsp3) is 0.143. The first-order valence-corrected chi connectivity index (χ1v) is 6.74. The van der Waals surface area contributed by atoms with Gasteiger partial charge in [0.2, 0.25) is 0 Å². The average Bonchev–Trinajstić information content (AvgIpc) is 2.38. The molecule has 0 aliphatic carbocycles. The first-order chi connectivity index (χ1) is 8.69. The fourth-order valence-electron chi connectivity index (χ4n) is 1.64. The molecule has 0 aromatic heterocycles. The Bertz CT molecular complexity index is 515. The van der Waals surface area contributed by atoms with Crippen LogP contribution in [0.25, 0.3) is 0 Å². The van der Waals surface area contributed by atoms with Crippen molar-refractivity contribution in [3.05, 3.63) is 63.6 Å². The number of hydrogen-bond acceptors (Lipinski definition) is 2. The minimum absolute atomic E-state index is 0.163. The Morgan fingerprint density at radius 1 is 1.17 bits per heavy atom. The van der Waals surface area contributed by atoms with E-state index in [1.807, 2.05) is 36.4 Å². The van der Waals surface area contributed by atoms with Crippen LogP contribution in [0.15, 0.2) is 53.0 Å². The van der Waals surface area contributed by atoms with Gasteiger partial charge in [-0.25, -0.2) is 0 Å². The van der Waals surface area contributed by atoms with Crippen molar-refractivity contribution in [2.75, 3.05) is 6.54 Å². The van der Waals surface area contributed by atoms with Gasteiger partial charge in [0.05, 0.1) is 0 Å². The van der Waals surface area contributed by atoms with Crippen molar-refractivity contribution in [2.24, 2.45) is 5.73 Å². The van der Waals surface area contributed by atoms with E-state index in [1.165, 1.54) is 0 Å². The molecule has 1 unspecified atom stereocenters. The Labute approximate surface area is 120 Å². The molecule has 0 saturated carbocycles. The second-order valence-corrected chi connectivity index (χ2v) is 5.20. The summed E-state index contributed by atoms with van der Waals surface area (Å²) in [5.74, 6) is 0.759. The molecule has 2 aromatic rings. The van der Waals surface area contributed by atoms with E-state index in [0.717, 1.165) is 15.8 Å². The lowest BCUT2D eigenvalue weighted by atomic mass is 10.1. The summed E-state index contributed by atoms with van der Waals surface area (Å²) in [5.41, 5.74) is 6.81. The van der Waals surface area contributed by atoms with Crippen molar-refractivity contribution in [2.45, 2.75) is 6.10 Å². The highest BCUT2D eigenvalue weighted by molar-refractivity contribution is 9.10. The molecule has 0 spiro atoms. The first kappa shape index (κ1) is 13.4. The summed E-state index contributed by atoms with van der Waals surface area (Å²) in [6.07, 6.45) is -0.163. The third kappa shape index (κ3) is 3.48. The highest BCUT2D eigenvalue weighted by Crippen LogP contribution is 2.24. The quantitative estimate of drug-likeness (QED) is 0.914. The van der Waals surface area contributed by atoms with E-state index >= 15 is 0 Å². The maximum Gasteiger partial charge on any atom is 0.136 e. The topological polar surface area (TPSA) is 35.2 Å². The van der Waals surface area contributed by atoms with Crippen molar-refractivity contribution < 1.29 is 4.74 Å². The summed E-state index contributed by atoms with van der Waals surface area (Å²) in [5, 5.41) is 0.689. The lowest BCUT2D eigenvalue weighted by Gasteiger charge is -2.18. The van der Waals surface area contributed by atoms with E-state index in [9.17, 15) is 0 Å². The first-order valence-electron chi connectivity index (χ1n) is 5.57. The highest BCUT2D eigenvalue weighted by atomic mass is 79.9. The second-order valence-electron chi connectivity index (χ2n) is 3.85. The number of ether oxygens (including phenoxy) is 1. The minimum Gasteiger partial charge on any atom is -0.484 e. The Kier molecular flexibility index (Phi) is 4.64. The van der Waals surface area contributed by atoms with Crippen LogP contribution in [-0.2, 0) is 0 Å². The van der Waals surface area contributed by atoms with Crippen LogP contribution in [0.1, 0.15) is 11.7 Å². The van der Waals surface area contributed by atoms with E-state index in [4.69, 9.17) is 22.1 Å². The molecule has 94 valence electrons. The third-order valence-electron chi connectivity index (χ3n) is 2.53. The monoisotopic (exact) mass is 325 g/mol. The number of hydrogen-bond donors (Lipinski definition) is 1. The van der Waals surface area contributed by atoms with Gasteiger partial charge in [0.15, 0.2) is 0 Å². The molecule has 2 rings (SSSR count). The van der Waals surface area contributed by atoms with Crippen molar-refractivity contribution in [1.82, 2.24) is 0 Å². The zero-order valence-corrected chi connectivity index (χ0v) is 12.0. The van der Waals surface area contributed by atoms with Crippen LogP contribution in [-0.4, -0.2) is 6.54 Å². The Morgan fingerprint density at radius 3 is 2.50 bits per heavy atom. The van der Waals surface area contributed by atoms with E-state index in [1.54, 1.807) is 12.1 Å². The van der Waals surface area contributed by atoms with Crippen molar-refractivity contribution in [3.63, 3.8) is 0 Å². The van der Waals surface area contributed by atoms with Gasteiger partial charge in [-0.3, -0.25) is 0 Å². The standard InChI is InChI=1S/C14H13BrClNO/c15-11-3-1-2-10(8-11)14(9-17)18-13-6-4-12(16)5-7-13/h1-8,14H,9,17H2. The molecule has 0 saturated heterocycles. The molecule has 4 heteroatoms. The van der Waals surface area contributed by atoms with Gasteiger partial charge >= 0.3 is 0 Å². The molecule has 2 nitrogen and oxygen atoms in total. The smallest absolute Gasteiger partial charge is 0.136 e. The van der Waals surface area contributed by atoms with Gasteiger partial charge in [0.25, 0.3) is 0 Å². The molecule has 0 aliphatic heterocycles. The van der Waals surface area contributed by atoms with Gasteiger partial charge in [-0.1, -0.05) is 39.7 Å². The number of nitrogens with two attached hydrogens (primary N) is 1. The summed E-state index contributed by atoms with van der Waals surface area (Å²) in [6.45, 7) is 0.416. The summed E-state index contributed by atoms with van der Waals surface area (Å²) in [6, 6.07) is 15.2. The molecule has 18 heavy (non-hydrogen) atoms. The van der Waals surface area contributed by atoms with Gasteiger partial charge in [0, 0.05) is 16.0 Å². The zero-order chi connectivity index (χ0) is 13.0. The minimum atomic E-state index is -0.163. The van der Waals surface area contributed by atoms with Crippen LogP contribution in [0.4, 0.5) is 0 Å². The van der Waals surface area contributed by atoms with E-state index in [-0.39, 0.29) is 6.10 Å². The van der Waals surface area contributed by atoms with Crippen LogP contribution in [0.2, 0.25) is 5.02 Å². The normalized spacial score (nSPS) is 12.2. The lowest BCUT2D eigenvalue weighted by molar-refractivity contribution is 0.214. The number of rotatable bonds is 4. The van der Waals surface area contributed by atoms with Crippen LogP contribution in [0.5, 0.6) is 5.75 Å². The van der Waals surface area contributed by atoms with Gasteiger partial charge < -0.3 is 10.5 Å². The summed E-state index contributed by atoms with van der Waals surface area (Å²) in [4.78, 5) is 0. The number of halogens is 2. The molecule has 0 fully saturated rings. The van der Waals surface area contributed by atoms with Gasteiger partial charge in [-0.15, -0.1) is 0 Å². The van der Waals surface area contributed by atoms with Crippen molar-refractivity contribution in [3.8, 4) is 5.75 Å². The van der Waals surface area contributed by atoms with Crippen LogP contribution in [0, 0.1) is 0 Å². The molecule has 0 heterocycles. The van der Waals surface area contributed by atoms with Crippen molar-refractivity contribution >= 4 is 27.5 Å². The molecule has 0 radical (unpaired) electrons. The van der Waals surface area contributed by atoms with Crippen LogP contribution >= 0.6 is 27.5 Å². The molecule has 0 aliphatic rings. The molecule has 0 bridgehead atoms. The van der Waals surface area contributed by atoms with Gasteiger partial charge in [0.1, 0.15) is 11.9 Å². The lowest BCUT2D eigenvalue weighted by Crippen LogP contribution is -2.18. The SMILES string of the molecule is NCC(Oc1ccc(Cl)cc1)c1cccc(Br)c1. The Hall–Kier alpha value is -1.03. The molecular formula is C14H13BrClNO. The maximum absolute atomic E-state index is 5.86. The van der Waals surface area contributed by atoms with E-state index < -0.39 is 0 Å². The Morgan fingerprint density at radius 2 is 1.89 bits per heavy atom. The van der Waals surface area contributed by atoms with Gasteiger partial charge in [-0.05, 0) is 42.0 Å². The summed E-state index contributed by atoms with van der Waals surface area (Å²) >= 11 is 9.27. The summed E-state index contributed by atoms with van der Waals surface area (Å²) in [7, 11) is 0. The Balaban J connectivity index is 2.17. The molecule has 2 N–H and O–H groups in total. The number of benzene rings is 2. The highest BCUT2D eigenvalue weighted by Gasteiger charge is 2.11. The van der Waals surface area contributed by atoms with Gasteiger partial charge in [-0.2, -0.15) is 0 Å². The fourth-order valence-corrected chi connectivity index (χ4v) is 2.18. The largest absolute Gasteiger partial charge is 0.484 e. The zero-order valence-electron chi connectivity index (χ0n) is 9.64. The predicted molar refractivity (Wildman–Crippen MR) is 78.0 cm³/mol. The van der Waals surface area contributed by atoms with E-state index in [0.29, 0.717) is 11.6 Å². The van der Waals surface area contributed by atoms with Crippen LogP contribution < -0.4 is 10.5 Å². The van der Waals surface area contributed by atoms with Crippen LogP contribution in [0.3, 0.4) is 0 Å². The average molecular weight is 327 g/mol. The molecule has 2 aromatic carbocycles. The molecular weight excluding hydrogens is 314 g/mol. The second kappa shape index (κ2) is 6.23. The molecule has 1 atom stereocenters. The maximum atomic E-state index is 5.86. The predicted octanol–water partition coefficient (Wildman–Crippen LogP) is 4.18. The summed E-state index contributed by atoms with van der Waals surface area (Å²) < 4.78 is 6.87. The van der Waals surface area contributed by atoms with Crippen molar-refractivity contribution in [1.29, 1.82) is 0 Å². The third-order valence-corrected chi connectivity index (χ3v) is 3.27.